The van der Waals surface area contributed by atoms with Crippen LogP contribution in [0.1, 0.15) is 44.7 Å². The Bertz CT molecular complexity index is 2730. The zero-order chi connectivity index (χ0) is 48.4. The molecule has 2 unspecified atom stereocenters. The molecule has 360 valence electrons. The number of halogens is 2. The van der Waals surface area contributed by atoms with Crippen LogP contribution in [0.4, 0.5) is 0 Å². The molecule has 4 N–H and O–H groups in total. The number of hydrogen-bond donors (Lipinski definition) is 4. The van der Waals surface area contributed by atoms with Gasteiger partial charge in [-0.05, 0) is 84.6 Å². The van der Waals surface area contributed by atoms with E-state index in [1.165, 1.54) is 36.4 Å². The lowest BCUT2D eigenvalue weighted by Gasteiger charge is -2.36. The fraction of sp³-hybridized carbons (Fsp3) is 0.320. The van der Waals surface area contributed by atoms with E-state index in [1.807, 2.05) is 0 Å². The smallest absolute Gasteiger partial charge is 0.346 e. The Labute approximate surface area is 411 Å². The summed E-state index contributed by atoms with van der Waals surface area (Å²) in [7, 11) is 0. The van der Waals surface area contributed by atoms with Crippen LogP contribution in [0.25, 0.3) is 21.8 Å². The number of pyridine rings is 2. The number of aromatic nitrogens is 2. The first-order valence-corrected chi connectivity index (χ1v) is 23.9. The third kappa shape index (κ3) is 12.4. The van der Waals surface area contributed by atoms with Crippen molar-refractivity contribution in [1.82, 2.24) is 30.4 Å². The molecule has 0 saturated carbocycles. The van der Waals surface area contributed by atoms with Crippen molar-refractivity contribution in [2.24, 2.45) is 0 Å². The van der Waals surface area contributed by atoms with Gasteiger partial charge in [0.15, 0.2) is 0 Å². The number of rotatable bonds is 18. The van der Waals surface area contributed by atoms with E-state index >= 15 is 9.59 Å². The molecule has 0 radical (unpaired) electrons. The molecule has 2 fully saturated rings. The van der Waals surface area contributed by atoms with Crippen LogP contribution >= 0.6 is 35.5 Å². The minimum atomic E-state index is -1.87. The van der Waals surface area contributed by atoms with Gasteiger partial charge >= 0.3 is 11.9 Å². The second-order valence-corrected chi connectivity index (χ2v) is 18.4. The van der Waals surface area contributed by atoms with Gasteiger partial charge in [-0.2, -0.15) is 0 Å². The van der Waals surface area contributed by atoms with Crippen LogP contribution in [0, 0.1) is 0 Å². The molecular weight excluding hydrogens is 948 g/mol. The molecule has 69 heavy (non-hydrogen) atoms. The number of fused-ring (bicyclic) bond motifs is 2. The molecule has 0 aliphatic carbocycles. The van der Waals surface area contributed by atoms with Crippen LogP contribution in [-0.4, -0.2) is 120 Å². The summed E-state index contributed by atoms with van der Waals surface area (Å²) in [5.74, 6) is -3.22. The molecule has 2 aliphatic heterocycles. The molecule has 0 spiro atoms. The topological polar surface area (TPSA) is 201 Å². The highest BCUT2D eigenvalue weighted by Crippen LogP contribution is 2.31. The van der Waals surface area contributed by atoms with Gasteiger partial charge in [-0.15, -0.1) is 0 Å². The first-order chi connectivity index (χ1) is 33.4. The Morgan fingerprint density at radius 1 is 0.580 bits per heavy atom. The standard InChI is InChI=1S/C50H50Cl2N6O10S/c51-37-13-9-33(10-14-37)45(61)55-49(17-19-57-21-25-65-26-22-57,31-35-29-43(59)53-41-7-3-1-5-39(35)41)47(63)67-69-68-48(64)50(18-20-58-23-27-66-28-24-58,56-46(62)34-11-15-38(52)16-12-34)32-36-30-44(60)54-42-8-4-2-6-40(36)42/h1-16,29-30H,17-28,31-32H2,(H,53,59)(H,54,60)(H,55,61)(H,56,62). The molecule has 0 bridgehead atoms. The Hall–Kier alpha value is -6.05. The van der Waals surface area contributed by atoms with E-state index in [4.69, 9.17) is 41.0 Å². The molecule has 2 amide bonds. The molecule has 6 aromatic rings. The van der Waals surface area contributed by atoms with Gasteiger partial charge in [0.2, 0.25) is 11.1 Å². The molecule has 16 nitrogen and oxygen atoms in total. The lowest BCUT2D eigenvalue weighted by molar-refractivity contribution is -0.144. The highest BCUT2D eigenvalue weighted by molar-refractivity contribution is 7.90. The second kappa shape index (κ2) is 22.6. The number of nitrogens with zero attached hydrogens (tertiary/aromatic N) is 2. The van der Waals surface area contributed by atoms with Crippen molar-refractivity contribution < 1.29 is 37.0 Å². The van der Waals surface area contributed by atoms with E-state index in [0.717, 1.165) is 0 Å². The SMILES string of the molecule is O=C(NC(CCN1CCOCC1)(Cc1cc(=O)[nH]c2ccccc12)C(=O)OSOC(=O)C(CCN1CCOCC1)(Cc1cc(=O)[nH]c2ccccc12)NC(=O)c1ccc(Cl)cc1)c1ccc(Cl)cc1. The number of ether oxygens (including phenoxy) is 2. The Kier molecular flexibility index (Phi) is 16.2. The first kappa shape index (κ1) is 49.4. The predicted octanol–water partition coefficient (Wildman–Crippen LogP) is 5.89. The molecule has 4 heterocycles. The van der Waals surface area contributed by atoms with Crippen molar-refractivity contribution in [1.29, 1.82) is 0 Å². The van der Waals surface area contributed by atoms with Crippen molar-refractivity contribution in [3.8, 4) is 0 Å². The Morgan fingerprint density at radius 2 is 0.957 bits per heavy atom. The monoisotopic (exact) mass is 996 g/mol. The van der Waals surface area contributed by atoms with E-state index in [9.17, 15) is 19.2 Å². The van der Waals surface area contributed by atoms with Crippen molar-refractivity contribution in [3.05, 3.63) is 162 Å². The zero-order valence-corrected chi connectivity index (χ0v) is 39.8. The average molecular weight is 998 g/mol. The zero-order valence-electron chi connectivity index (χ0n) is 37.4. The maximum Gasteiger partial charge on any atom is 0.346 e. The number of para-hydroxylation sites is 2. The van der Waals surface area contributed by atoms with Crippen molar-refractivity contribution in [2.75, 3.05) is 65.7 Å². The highest BCUT2D eigenvalue weighted by Gasteiger charge is 2.46. The van der Waals surface area contributed by atoms with Crippen LogP contribution in [0.5, 0.6) is 0 Å². The maximum atomic E-state index is 15.1. The van der Waals surface area contributed by atoms with Gasteiger partial charge in [-0.3, -0.25) is 29.0 Å². The molecule has 2 aliphatic rings. The quantitative estimate of drug-likeness (QED) is 0.0744. The largest absolute Gasteiger partial charge is 0.379 e. The third-order valence-corrected chi connectivity index (χ3v) is 13.4. The van der Waals surface area contributed by atoms with E-state index < -0.39 is 45.9 Å². The summed E-state index contributed by atoms with van der Waals surface area (Å²) in [6.07, 6.45) is -0.413. The molecule has 4 aromatic carbocycles. The van der Waals surface area contributed by atoms with Gasteiger partial charge in [-0.25, -0.2) is 9.59 Å². The van der Waals surface area contributed by atoms with Crippen molar-refractivity contribution in [3.63, 3.8) is 0 Å². The molecule has 8 rings (SSSR count). The number of benzene rings is 4. The number of aromatic amines is 2. The van der Waals surface area contributed by atoms with Gasteiger partial charge in [0, 0.05) is 107 Å². The van der Waals surface area contributed by atoms with E-state index in [-0.39, 0.29) is 49.1 Å². The van der Waals surface area contributed by atoms with Crippen LogP contribution in [0.15, 0.2) is 119 Å². The Morgan fingerprint density at radius 3 is 1.35 bits per heavy atom. The molecule has 2 saturated heterocycles. The fourth-order valence-corrected chi connectivity index (χ4v) is 9.43. The molecule has 2 atom stereocenters. The third-order valence-electron chi connectivity index (χ3n) is 12.5. The predicted molar refractivity (Wildman–Crippen MR) is 263 cm³/mol. The van der Waals surface area contributed by atoms with E-state index in [1.54, 1.807) is 72.8 Å². The summed E-state index contributed by atoms with van der Waals surface area (Å²) in [5, 5.41) is 8.01. The average Bonchev–Trinajstić information content (AvgIpc) is 3.35. The van der Waals surface area contributed by atoms with Gasteiger partial charge < -0.3 is 38.4 Å². The fourth-order valence-electron chi connectivity index (χ4n) is 8.70. The first-order valence-electron chi connectivity index (χ1n) is 22.5. The van der Waals surface area contributed by atoms with Gasteiger partial charge in [0.05, 0.1) is 26.4 Å². The lowest BCUT2D eigenvalue weighted by Crippen LogP contribution is -2.59. The number of amides is 2. The number of hydrogen-bond acceptors (Lipinski definition) is 13. The minimum Gasteiger partial charge on any atom is -0.379 e. The van der Waals surface area contributed by atoms with Crippen LogP contribution in [0.3, 0.4) is 0 Å². The lowest BCUT2D eigenvalue weighted by atomic mass is 9.85. The molecule has 19 heteroatoms. The summed E-state index contributed by atoms with van der Waals surface area (Å²) < 4.78 is 22.9. The number of nitrogens with one attached hydrogen (secondary N) is 4. The number of H-pyrrole nitrogens is 2. The van der Waals surface area contributed by atoms with Gasteiger partial charge in [0.25, 0.3) is 24.1 Å². The number of morpholine rings is 2. The summed E-state index contributed by atoms with van der Waals surface area (Å²) in [5.41, 5.74) is -2.25. The van der Waals surface area contributed by atoms with Gasteiger partial charge in [0.1, 0.15) is 11.1 Å². The van der Waals surface area contributed by atoms with E-state index in [2.05, 4.69) is 30.4 Å². The van der Waals surface area contributed by atoms with Crippen molar-refractivity contribution >= 4 is 81.1 Å². The van der Waals surface area contributed by atoms with Gasteiger partial charge in [-0.1, -0.05) is 59.6 Å². The van der Waals surface area contributed by atoms with Crippen LogP contribution in [-0.2, 0) is 40.3 Å². The highest BCUT2D eigenvalue weighted by atomic mass is 35.5. The summed E-state index contributed by atoms with van der Waals surface area (Å²) in [4.78, 5) is 94.7. The van der Waals surface area contributed by atoms with Crippen LogP contribution in [0.2, 0.25) is 10.0 Å². The number of carbonyl (C=O) groups excluding carboxylic acids is 4. The molecular formula is C50H50Cl2N6O10S. The number of carbonyl (C=O) groups is 4. The summed E-state index contributed by atoms with van der Waals surface area (Å²) in [6, 6.07) is 29.3. The maximum absolute atomic E-state index is 15.1. The Balaban J connectivity index is 1.16. The summed E-state index contributed by atoms with van der Waals surface area (Å²) >= 11 is 12.5. The van der Waals surface area contributed by atoms with Crippen molar-refractivity contribution in [2.45, 2.75) is 36.8 Å². The molecule has 2 aromatic heterocycles. The van der Waals surface area contributed by atoms with Crippen LogP contribution < -0.4 is 21.8 Å². The normalized spacial score (nSPS) is 16.3. The van der Waals surface area contributed by atoms with E-state index in [0.29, 0.717) is 109 Å². The summed E-state index contributed by atoms with van der Waals surface area (Å²) in [6.45, 7) is 4.72. The minimum absolute atomic E-state index is 0.00292. The second-order valence-electron chi connectivity index (χ2n) is 17.1.